The zero-order valence-corrected chi connectivity index (χ0v) is 17.9. The molecule has 0 saturated carbocycles. The van der Waals surface area contributed by atoms with Crippen LogP contribution in [0.3, 0.4) is 0 Å². The molecule has 0 aromatic carbocycles. The molecule has 4 aromatic heterocycles. The molecule has 25 heavy (non-hydrogen) atoms. The second-order valence-corrected chi connectivity index (χ2v) is 5.77. The van der Waals surface area contributed by atoms with E-state index in [0.29, 0.717) is 0 Å². The number of halogens is 1. The van der Waals surface area contributed by atoms with Crippen LogP contribution in [0.1, 0.15) is 0 Å². The van der Waals surface area contributed by atoms with E-state index in [1.165, 1.54) is 11.2 Å². The Hall–Kier alpha value is 0.939. The summed E-state index contributed by atoms with van der Waals surface area (Å²) in [7, 11) is 0. The second kappa shape index (κ2) is 14.0. The van der Waals surface area contributed by atoms with E-state index < -0.39 is 0 Å². The predicted molar refractivity (Wildman–Crippen MR) is 102 cm³/mol. The molecule has 0 atom stereocenters. The first-order valence-electron chi connectivity index (χ1n) is 6.48. The molecule has 0 aliphatic rings. The van der Waals surface area contributed by atoms with E-state index in [1.54, 1.807) is 30.5 Å². The van der Waals surface area contributed by atoms with Crippen molar-refractivity contribution in [1.82, 2.24) is 29.9 Å². The van der Waals surface area contributed by atoms with E-state index in [-0.39, 0.29) is 75.5 Å². The molecular formula is C14H15Ar2BrN6S2. The van der Waals surface area contributed by atoms with E-state index in [4.69, 9.17) is 0 Å². The maximum Gasteiger partial charge on any atom is 0.141 e. The molecular weight excluding hydrogens is 476 g/mol. The van der Waals surface area contributed by atoms with Crippen LogP contribution in [0.5, 0.6) is 0 Å². The molecule has 4 rings (SSSR count). The number of thiol groups is 1. The Balaban J connectivity index is 0.000000392. The number of aromatic nitrogens is 6. The quantitative estimate of drug-likeness (QED) is 0.278. The van der Waals surface area contributed by atoms with Crippen molar-refractivity contribution >= 4 is 62.4 Å². The largest absolute Gasteiger partial charge is 0.345 e. The van der Waals surface area contributed by atoms with Gasteiger partial charge in [-0.05, 0) is 28.4 Å². The summed E-state index contributed by atoms with van der Waals surface area (Å²) >= 11 is 8.58. The minimum absolute atomic E-state index is 0. The molecule has 2 N–H and O–H groups in total. The summed E-state index contributed by atoms with van der Waals surface area (Å²) in [5, 5.41) is 2.11. The summed E-state index contributed by atoms with van der Waals surface area (Å²) < 4.78 is 1.00. The van der Waals surface area contributed by atoms with Crippen LogP contribution in [0.4, 0.5) is 0 Å². The van der Waals surface area contributed by atoms with Gasteiger partial charge >= 0.3 is 0 Å². The molecule has 4 heterocycles. The van der Waals surface area contributed by atoms with E-state index in [2.05, 4.69) is 58.5 Å². The van der Waals surface area contributed by atoms with Gasteiger partial charge in [0.15, 0.2) is 0 Å². The van der Waals surface area contributed by atoms with Crippen LogP contribution in [0.15, 0.2) is 46.8 Å². The number of nitrogens with zero attached hydrogens (tertiary/aromatic N) is 4. The van der Waals surface area contributed by atoms with Crippen LogP contribution in [-0.2, 0) is 0 Å². The van der Waals surface area contributed by atoms with Crippen molar-refractivity contribution in [2.75, 3.05) is 12.5 Å². The number of rotatable bonds is 1. The molecule has 0 aliphatic carbocycles. The summed E-state index contributed by atoms with van der Waals surface area (Å²) in [6, 6.07) is 0. The number of nitrogens with one attached hydrogen (secondary N) is 2. The van der Waals surface area contributed by atoms with Gasteiger partial charge in [0.05, 0.1) is 10.8 Å². The Labute approximate surface area is 223 Å². The molecule has 0 unspecified atom stereocenters. The molecule has 0 bridgehead atoms. The maximum absolute atomic E-state index is 4.07. The van der Waals surface area contributed by atoms with Crippen molar-refractivity contribution in [2.24, 2.45) is 0 Å². The van der Waals surface area contributed by atoms with E-state index in [0.717, 1.165) is 26.5 Å². The predicted octanol–water partition coefficient (Wildman–Crippen LogP) is 3.95. The molecule has 136 valence electrons. The molecule has 0 spiro atoms. The fourth-order valence-corrected chi connectivity index (χ4v) is 2.79. The van der Waals surface area contributed by atoms with Crippen molar-refractivity contribution < 1.29 is 75.5 Å². The Bertz CT molecular complexity index is 886. The number of aromatic amines is 2. The van der Waals surface area contributed by atoms with Gasteiger partial charge in [0.2, 0.25) is 0 Å². The molecule has 0 saturated heterocycles. The minimum Gasteiger partial charge on any atom is -0.345 e. The third-order valence-corrected chi connectivity index (χ3v) is 4.28. The topological polar surface area (TPSA) is 83.1 Å². The Kier molecular flexibility index (Phi) is 14.5. The second-order valence-electron chi connectivity index (χ2n) is 4.06. The molecule has 0 aliphatic heterocycles. The standard InChI is InChI=1S/C7H7N3S.C6H4BrN3.CH4S.2Ar/c1-11-6-3-9-7-5(6)2-8-4-10-7;7-5-2-9-6-4(5)1-8-3-10-6;1-2;;/h2-4H,1H3,(H,8,9,10);1-3H,(H,8,9,10);2H,1H3;;. The van der Waals surface area contributed by atoms with Gasteiger partial charge in [0, 0.05) is 110 Å². The third kappa shape index (κ3) is 7.12. The van der Waals surface area contributed by atoms with Crippen molar-refractivity contribution in [2.45, 2.75) is 4.90 Å². The smallest absolute Gasteiger partial charge is 0.141 e. The molecule has 11 heteroatoms. The zero-order chi connectivity index (χ0) is 16.7. The molecule has 6 nitrogen and oxygen atoms in total. The normalized spacial score (nSPS) is 9.12. The van der Waals surface area contributed by atoms with E-state index in [1.807, 2.05) is 24.8 Å². The average Bonchev–Trinajstić information content (AvgIpc) is 3.21. The average molecular weight is 491 g/mol. The molecule has 4 aromatic rings. The van der Waals surface area contributed by atoms with Gasteiger partial charge in [-0.2, -0.15) is 12.6 Å². The van der Waals surface area contributed by atoms with Gasteiger partial charge in [-0.15, -0.1) is 11.8 Å². The number of H-pyrrole nitrogens is 2. The Morgan fingerprint density at radius 3 is 2.00 bits per heavy atom. The van der Waals surface area contributed by atoms with Crippen molar-refractivity contribution in [1.29, 1.82) is 0 Å². The van der Waals surface area contributed by atoms with Gasteiger partial charge in [0.25, 0.3) is 0 Å². The van der Waals surface area contributed by atoms with Crippen molar-refractivity contribution in [3.8, 4) is 0 Å². The van der Waals surface area contributed by atoms with Crippen LogP contribution < -0.4 is 0 Å². The number of hydrogen-bond acceptors (Lipinski definition) is 6. The van der Waals surface area contributed by atoms with Gasteiger partial charge in [0.1, 0.15) is 23.9 Å². The Morgan fingerprint density at radius 2 is 1.44 bits per heavy atom. The van der Waals surface area contributed by atoms with Crippen LogP contribution in [0, 0.1) is 75.5 Å². The maximum atomic E-state index is 4.07. The summed E-state index contributed by atoms with van der Waals surface area (Å²) in [5.74, 6) is 0. The molecule has 0 radical (unpaired) electrons. The van der Waals surface area contributed by atoms with Gasteiger partial charge < -0.3 is 9.97 Å². The monoisotopic (exact) mass is 490 g/mol. The number of thioether (sulfide) groups is 1. The fourth-order valence-electron chi connectivity index (χ4n) is 1.83. The van der Waals surface area contributed by atoms with Crippen LogP contribution in [0.25, 0.3) is 22.1 Å². The van der Waals surface area contributed by atoms with Crippen LogP contribution >= 0.6 is 40.3 Å². The number of hydrogen-bond donors (Lipinski definition) is 3. The van der Waals surface area contributed by atoms with Crippen molar-refractivity contribution in [3.63, 3.8) is 0 Å². The zero-order valence-electron chi connectivity index (χ0n) is 13.2. The summed E-state index contributed by atoms with van der Waals surface area (Å²) in [4.78, 5) is 23.2. The van der Waals surface area contributed by atoms with Crippen LogP contribution in [0.2, 0.25) is 0 Å². The van der Waals surface area contributed by atoms with Crippen molar-refractivity contribution in [3.05, 3.63) is 41.9 Å². The Morgan fingerprint density at radius 1 is 0.920 bits per heavy atom. The minimum atomic E-state index is 0. The summed E-state index contributed by atoms with van der Waals surface area (Å²) in [6.45, 7) is 0. The summed E-state index contributed by atoms with van der Waals surface area (Å²) in [5.41, 5.74) is 1.77. The first-order chi connectivity index (χ1) is 11.3. The summed E-state index contributed by atoms with van der Waals surface area (Å²) in [6.07, 6.45) is 14.2. The van der Waals surface area contributed by atoms with Crippen LogP contribution in [-0.4, -0.2) is 42.4 Å². The van der Waals surface area contributed by atoms with Gasteiger partial charge in [-0.3, -0.25) is 0 Å². The number of fused-ring (bicyclic) bond motifs is 2. The SMILES string of the molecule is Brc1c[nH]c2ncncc12.CS.CSc1c[nH]c2ncncc12.[Ar].[Ar]. The molecule has 0 fully saturated rings. The van der Waals surface area contributed by atoms with Gasteiger partial charge in [-0.25, -0.2) is 19.9 Å². The van der Waals surface area contributed by atoms with E-state index >= 15 is 0 Å². The third-order valence-electron chi connectivity index (χ3n) is 2.84. The first-order valence-corrected chi connectivity index (χ1v) is 9.39. The van der Waals surface area contributed by atoms with E-state index in [9.17, 15) is 0 Å². The molecule has 0 amide bonds. The van der Waals surface area contributed by atoms with Gasteiger partial charge in [-0.1, -0.05) is 0 Å². The fraction of sp³-hybridized carbons (Fsp3) is 0.143. The first kappa shape index (κ1) is 25.9.